The summed E-state index contributed by atoms with van der Waals surface area (Å²) < 4.78 is 11.2. The highest BCUT2D eigenvalue weighted by molar-refractivity contribution is 5.99. The molecule has 1 aliphatic rings. The van der Waals surface area contributed by atoms with Crippen LogP contribution < -0.4 is 21.5 Å². The van der Waals surface area contributed by atoms with Gasteiger partial charge in [-0.05, 0) is 55.5 Å². The molecule has 0 saturated carbocycles. The van der Waals surface area contributed by atoms with Crippen LogP contribution in [0.15, 0.2) is 74.7 Å². The fourth-order valence-corrected chi connectivity index (χ4v) is 5.19. The maximum absolute atomic E-state index is 12.8. The summed E-state index contributed by atoms with van der Waals surface area (Å²) in [6.45, 7) is 2.75. The van der Waals surface area contributed by atoms with E-state index in [4.69, 9.17) is 14.0 Å². The van der Waals surface area contributed by atoms with E-state index in [2.05, 4.69) is 10.6 Å². The lowest BCUT2D eigenvalue weighted by Gasteiger charge is -2.35. The number of nitrogens with one attached hydrogen (secondary N) is 2. The zero-order chi connectivity index (χ0) is 31.4. The molecule has 12 nitrogen and oxygen atoms in total. The average Bonchev–Trinajstić information content (AvgIpc) is 3.46. The quantitative estimate of drug-likeness (QED) is 0.134. The van der Waals surface area contributed by atoms with Gasteiger partial charge < -0.3 is 34.6 Å². The van der Waals surface area contributed by atoms with E-state index in [1.165, 1.54) is 17.0 Å². The third-order valence-corrected chi connectivity index (χ3v) is 7.58. The van der Waals surface area contributed by atoms with Crippen LogP contribution in [0.1, 0.15) is 46.3 Å². The van der Waals surface area contributed by atoms with Crippen molar-refractivity contribution in [1.82, 2.24) is 9.96 Å². The van der Waals surface area contributed by atoms with E-state index in [0.717, 1.165) is 5.56 Å². The van der Waals surface area contributed by atoms with Crippen molar-refractivity contribution in [3.8, 4) is 5.75 Å². The van der Waals surface area contributed by atoms with Crippen molar-refractivity contribution in [2.24, 2.45) is 5.92 Å². The number of furan rings is 1. The number of aryl methyl sites for hydroxylation is 1. The number of phenolic OH excluding ortho intramolecular Hbond substituents is 1. The molecule has 44 heavy (non-hydrogen) atoms. The van der Waals surface area contributed by atoms with E-state index in [9.17, 15) is 24.3 Å². The van der Waals surface area contributed by atoms with Gasteiger partial charge in [0.2, 0.25) is 0 Å². The molecule has 2 heterocycles. The average molecular weight is 603 g/mol. The largest absolute Gasteiger partial charge is 0.528 e. The van der Waals surface area contributed by atoms with Crippen LogP contribution in [0.25, 0.3) is 0 Å². The van der Waals surface area contributed by atoms with Crippen LogP contribution in [-0.4, -0.2) is 54.3 Å². The van der Waals surface area contributed by atoms with Crippen LogP contribution in [0.2, 0.25) is 0 Å². The SMILES string of the molecule is Cc1ccc(C(Nc2c(Nc3cccc(C(=O)N(C)C)c3O)c(=O)c2=O)C2CCN(OC(=O)OCc3ccccc3)CC2)o1. The number of anilines is 3. The van der Waals surface area contributed by atoms with E-state index in [1.54, 1.807) is 25.2 Å². The maximum Gasteiger partial charge on any atom is 0.528 e. The summed E-state index contributed by atoms with van der Waals surface area (Å²) in [7, 11) is 3.12. The van der Waals surface area contributed by atoms with Gasteiger partial charge in [0.25, 0.3) is 16.8 Å². The molecular weight excluding hydrogens is 568 g/mol. The van der Waals surface area contributed by atoms with Gasteiger partial charge in [-0.15, -0.1) is 5.06 Å². The molecule has 1 saturated heterocycles. The Labute approximate surface area is 253 Å². The Kier molecular flexibility index (Phi) is 9.00. The molecule has 0 spiro atoms. The molecule has 1 unspecified atom stereocenters. The highest BCUT2D eigenvalue weighted by Gasteiger charge is 2.34. The zero-order valence-corrected chi connectivity index (χ0v) is 24.7. The Morgan fingerprint density at radius 2 is 1.70 bits per heavy atom. The number of piperidine rings is 1. The molecule has 12 heteroatoms. The lowest BCUT2D eigenvalue weighted by Crippen LogP contribution is -2.41. The Bertz CT molecular complexity index is 1700. The Hall–Kier alpha value is -5.10. The summed E-state index contributed by atoms with van der Waals surface area (Å²) >= 11 is 0. The smallest absolute Gasteiger partial charge is 0.505 e. The third kappa shape index (κ3) is 6.60. The number of carbonyl (C=O) groups excluding carboxylic acids is 2. The van der Waals surface area contributed by atoms with Crippen LogP contribution in [0.3, 0.4) is 0 Å². The first kappa shape index (κ1) is 30.4. The minimum atomic E-state index is -0.789. The molecule has 3 N–H and O–H groups in total. The summed E-state index contributed by atoms with van der Waals surface area (Å²) in [6.07, 6.45) is 0.372. The molecule has 0 aliphatic carbocycles. The lowest BCUT2D eigenvalue weighted by molar-refractivity contribution is -0.145. The second kappa shape index (κ2) is 13.0. The number of hydrogen-bond acceptors (Lipinski definition) is 11. The van der Waals surface area contributed by atoms with E-state index in [0.29, 0.717) is 37.5 Å². The van der Waals surface area contributed by atoms with Gasteiger partial charge in [0.15, 0.2) is 5.75 Å². The monoisotopic (exact) mass is 602 g/mol. The fourth-order valence-electron chi connectivity index (χ4n) is 5.19. The number of nitrogens with zero attached hydrogens (tertiary/aromatic N) is 2. The van der Waals surface area contributed by atoms with Crippen molar-refractivity contribution in [1.29, 1.82) is 0 Å². The maximum atomic E-state index is 12.8. The van der Waals surface area contributed by atoms with Gasteiger partial charge in [0.05, 0.1) is 17.3 Å². The molecule has 230 valence electrons. The van der Waals surface area contributed by atoms with Crippen molar-refractivity contribution in [3.05, 3.63) is 104 Å². The molecular formula is C32H34N4O8. The number of carbonyl (C=O) groups is 2. The first-order chi connectivity index (χ1) is 21.1. The van der Waals surface area contributed by atoms with Gasteiger partial charge in [0, 0.05) is 27.2 Å². The van der Waals surface area contributed by atoms with Crippen LogP contribution in [0.4, 0.5) is 21.9 Å². The summed E-state index contributed by atoms with van der Waals surface area (Å²) in [5.41, 5.74) is -0.401. The molecule has 3 aromatic carbocycles. The number of aromatic hydroxyl groups is 1. The minimum Gasteiger partial charge on any atom is -0.505 e. The standard InChI is InChI=1S/C32H34N4O8/c1-19-12-13-24(43-19)25(21-14-16-36(17-15-21)44-32(41)42-18-20-8-5-4-6-9-20)34-27-26(29(38)30(27)39)33-23-11-7-10-22(28(23)37)31(40)35(2)3/h4-13,21,25,33-34,37H,14-18H2,1-3H3. The predicted octanol–water partition coefficient (Wildman–Crippen LogP) is 4.47. The van der Waals surface area contributed by atoms with Gasteiger partial charge >= 0.3 is 6.16 Å². The molecule has 5 rings (SSSR count). The van der Waals surface area contributed by atoms with Gasteiger partial charge in [-0.25, -0.2) is 4.79 Å². The Morgan fingerprint density at radius 1 is 1.00 bits per heavy atom. The minimum absolute atomic E-state index is 0.0186. The first-order valence-electron chi connectivity index (χ1n) is 14.2. The summed E-state index contributed by atoms with van der Waals surface area (Å²) in [5.74, 6) is 0.474. The number of benzene rings is 2. The molecule has 1 aromatic heterocycles. The highest BCUT2D eigenvalue weighted by atomic mass is 16.8. The van der Waals surface area contributed by atoms with Crippen molar-refractivity contribution in [2.75, 3.05) is 37.8 Å². The van der Waals surface area contributed by atoms with Crippen LogP contribution in [0.5, 0.6) is 5.75 Å². The molecule has 4 aromatic rings. The Balaban J connectivity index is 1.28. The zero-order valence-electron chi connectivity index (χ0n) is 24.7. The number of phenols is 1. The van der Waals surface area contributed by atoms with Gasteiger partial charge in [-0.3, -0.25) is 14.4 Å². The van der Waals surface area contributed by atoms with E-state index >= 15 is 0 Å². The van der Waals surface area contributed by atoms with Gasteiger partial charge in [-0.2, -0.15) is 0 Å². The number of amides is 1. The topological polar surface area (TPSA) is 151 Å². The normalized spacial score (nSPS) is 14.6. The van der Waals surface area contributed by atoms with Crippen molar-refractivity contribution < 1.29 is 28.7 Å². The second-order valence-corrected chi connectivity index (χ2v) is 10.9. The van der Waals surface area contributed by atoms with Crippen LogP contribution in [-0.2, 0) is 16.2 Å². The predicted molar refractivity (Wildman–Crippen MR) is 163 cm³/mol. The van der Waals surface area contributed by atoms with Crippen LogP contribution in [0, 0.1) is 12.8 Å². The summed E-state index contributed by atoms with van der Waals surface area (Å²) in [5, 5.41) is 18.4. The van der Waals surface area contributed by atoms with Crippen molar-refractivity contribution in [3.63, 3.8) is 0 Å². The number of hydrogen-bond donors (Lipinski definition) is 3. The van der Waals surface area contributed by atoms with Crippen molar-refractivity contribution >= 4 is 29.1 Å². The molecule has 1 amide bonds. The number of hydroxylamine groups is 2. The first-order valence-corrected chi connectivity index (χ1v) is 14.2. The van der Waals surface area contributed by atoms with E-state index < -0.39 is 29.0 Å². The molecule has 0 bridgehead atoms. The lowest BCUT2D eigenvalue weighted by atomic mass is 9.88. The van der Waals surface area contributed by atoms with Gasteiger partial charge in [-0.1, -0.05) is 36.4 Å². The van der Waals surface area contributed by atoms with Gasteiger partial charge in [0.1, 0.15) is 29.5 Å². The Morgan fingerprint density at radius 3 is 2.36 bits per heavy atom. The van der Waals surface area contributed by atoms with E-state index in [1.807, 2.05) is 49.4 Å². The summed E-state index contributed by atoms with van der Waals surface area (Å²) in [4.78, 5) is 56.8. The third-order valence-electron chi connectivity index (χ3n) is 7.58. The number of ether oxygens (including phenoxy) is 1. The molecule has 1 fully saturated rings. The molecule has 1 atom stereocenters. The van der Waals surface area contributed by atoms with Crippen molar-refractivity contribution in [2.45, 2.75) is 32.4 Å². The second-order valence-electron chi connectivity index (χ2n) is 10.9. The molecule has 1 aliphatic heterocycles. The number of rotatable bonds is 10. The number of para-hydroxylation sites is 1. The fraction of sp³-hybridized carbons (Fsp3) is 0.312. The highest BCUT2D eigenvalue weighted by Crippen LogP contribution is 2.37. The summed E-state index contributed by atoms with van der Waals surface area (Å²) in [6, 6.07) is 17.0. The molecule has 0 radical (unpaired) electrons. The van der Waals surface area contributed by atoms with Crippen LogP contribution >= 0.6 is 0 Å². The van der Waals surface area contributed by atoms with E-state index in [-0.39, 0.29) is 40.9 Å².